The molecule has 1 heterocycles. The van der Waals surface area contributed by atoms with E-state index in [1.165, 1.54) is 0 Å². The number of rotatable bonds is 7. The van der Waals surface area contributed by atoms with E-state index in [-0.39, 0.29) is 5.92 Å². The van der Waals surface area contributed by atoms with E-state index in [0.29, 0.717) is 28.9 Å². The Morgan fingerprint density at radius 1 is 1.23 bits per heavy atom. The molecule has 0 amide bonds. The lowest BCUT2D eigenvalue weighted by Crippen LogP contribution is -2.16. The Morgan fingerprint density at radius 3 is 2.50 bits per heavy atom. The molecule has 22 heavy (non-hydrogen) atoms. The van der Waals surface area contributed by atoms with Gasteiger partial charge in [0.05, 0.1) is 16.7 Å². The number of ether oxygens (including phenoxy) is 1. The average Bonchev–Trinajstić information content (AvgIpc) is 2.53. The van der Waals surface area contributed by atoms with Gasteiger partial charge in [0.25, 0.3) is 0 Å². The third-order valence-corrected chi connectivity index (χ3v) is 3.94. The largest absolute Gasteiger partial charge is 0.490 e. The van der Waals surface area contributed by atoms with Crippen molar-refractivity contribution in [2.24, 2.45) is 5.73 Å². The van der Waals surface area contributed by atoms with Crippen LogP contribution in [-0.2, 0) is 6.42 Å². The highest BCUT2D eigenvalue weighted by atomic mass is 35.5. The Morgan fingerprint density at radius 2 is 1.95 bits per heavy atom. The minimum atomic E-state index is 0.135. The Labute approximate surface area is 141 Å². The number of hydrogen-bond acceptors (Lipinski definition) is 3. The van der Waals surface area contributed by atoms with E-state index in [4.69, 9.17) is 33.7 Å². The van der Waals surface area contributed by atoms with E-state index < -0.39 is 0 Å². The van der Waals surface area contributed by atoms with Crippen LogP contribution in [0.3, 0.4) is 0 Å². The summed E-state index contributed by atoms with van der Waals surface area (Å²) < 4.78 is 5.59. The van der Waals surface area contributed by atoms with Crippen molar-refractivity contribution < 1.29 is 4.74 Å². The quantitative estimate of drug-likeness (QED) is 0.810. The van der Waals surface area contributed by atoms with Gasteiger partial charge in [-0.05, 0) is 42.7 Å². The highest BCUT2D eigenvalue weighted by Crippen LogP contribution is 2.35. The fraction of sp³-hybridized carbons (Fsp3) is 0.353. The zero-order valence-electron chi connectivity index (χ0n) is 12.6. The summed E-state index contributed by atoms with van der Waals surface area (Å²) in [5.41, 5.74) is 7.90. The summed E-state index contributed by atoms with van der Waals surface area (Å²) in [4.78, 5) is 4.38. The van der Waals surface area contributed by atoms with Gasteiger partial charge in [0.1, 0.15) is 0 Å². The molecule has 1 aromatic carbocycles. The molecule has 0 aliphatic carbocycles. The van der Waals surface area contributed by atoms with E-state index in [2.05, 4.69) is 4.98 Å². The minimum absolute atomic E-state index is 0.135. The molecule has 0 saturated heterocycles. The fourth-order valence-corrected chi connectivity index (χ4v) is 2.92. The molecule has 0 radical (unpaired) electrons. The van der Waals surface area contributed by atoms with Crippen LogP contribution in [0.2, 0.25) is 10.0 Å². The third kappa shape index (κ3) is 4.35. The van der Waals surface area contributed by atoms with Crippen molar-refractivity contribution >= 4 is 23.2 Å². The van der Waals surface area contributed by atoms with Crippen molar-refractivity contribution in [2.45, 2.75) is 25.7 Å². The van der Waals surface area contributed by atoms with Gasteiger partial charge in [-0.1, -0.05) is 36.2 Å². The Kier molecular flexibility index (Phi) is 6.49. The predicted octanol–water partition coefficient (Wildman–Crippen LogP) is 4.46. The smallest absolute Gasteiger partial charge is 0.156 e. The maximum Gasteiger partial charge on any atom is 0.156 e. The first-order valence-electron chi connectivity index (χ1n) is 7.37. The summed E-state index contributed by atoms with van der Waals surface area (Å²) >= 11 is 12.6. The Bertz CT molecular complexity index is 582. The average molecular weight is 339 g/mol. The number of pyridine rings is 1. The van der Waals surface area contributed by atoms with Gasteiger partial charge >= 0.3 is 0 Å². The second-order valence-electron chi connectivity index (χ2n) is 5.13. The molecule has 2 rings (SSSR count). The van der Waals surface area contributed by atoms with E-state index in [9.17, 15) is 0 Å². The summed E-state index contributed by atoms with van der Waals surface area (Å²) in [6, 6.07) is 9.63. The van der Waals surface area contributed by atoms with Crippen molar-refractivity contribution in [3.63, 3.8) is 0 Å². The molecule has 1 unspecified atom stereocenters. The van der Waals surface area contributed by atoms with Crippen LogP contribution < -0.4 is 10.5 Å². The zero-order valence-corrected chi connectivity index (χ0v) is 14.1. The van der Waals surface area contributed by atoms with Gasteiger partial charge in [-0.15, -0.1) is 0 Å². The molecular formula is C17H20Cl2N2O. The van der Waals surface area contributed by atoms with Crippen LogP contribution in [0.25, 0.3) is 0 Å². The van der Waals surface area contributed by atoms with Gasteiger partial charge in [0, 0.05) is 24.4 Å². The van der Waals surface area contributed by atoms with Gasteiger partial charge in [0.15, 0.2) is 5.75 Å². The first-order valence-corrected chi connectivity index (χ1v) is 8.13. The fourth-order valence-electron chi connectivity index (χ4n) is 2.28. The lowest BCUT2D eigenvalue weighted by molar-refractivity contribution is 0.317. The number of hydrogen-bond donors (Lipinski definition) is 1. The van der Waals surface area contributed by atoms with Gasteiger partial charge in [-0.25, -0.2) is 0 Å². The number of aromatic nitrogens is 1. The minimum Gasteiger partial charge on any atom is -0.490 e. The first-order chi connectivity index (χ1) is 10.7. The Hall–Kier alpha value is -1.29. The first kappa shape index (κ1) is 17.1. The molecule has 1 atom stereocenters. The second-order valence-corrected chi connectivity index (χ2v) is 5.94. The lowest BCUT2D eigenvalue weighted by atomic mass is 9.95. The molecule has 0 bridgehead atoms. The summed E-state index contributed by atoms with van der Waals surface area (Å²) in [6.07, 6.45) is 3.42. The topological polar surface area (TPSA) is 48.1 Å². The normalized spacial score (nSPS) is 12.2. The van der Waals surface area contributed by atoms with Crippen molar-refractivity contribution in [3.05, 3.63) is 57.8 Å². The van der Waals surface area contributed by atoms with Crippen LogP contribution in [0.4, 0.5) is 0 Å². The predicted molar refractivity (Wildman–Crippen MR) is 92.0 cm³/mol. The van der Waals surface area contributed by atoms with E-state index in [1.807, 2.05) is 37.3 Å². The molecule has 0 saturated carbocycles. The number of halogens is 2. The van der Waals surface area contributed by atoms with Crippen LogP contribution in [0.5, 0.6) is 5.75 Å². The zero-order chi connectivity index (χ0) is 15.9. The monoisotopic (exact) mass is 338 g/mol. The molecule has 2 N–H and O–H groups in total. The molecule has 5 heteroatoms. The van der Waals surface area contributed by atoms with Crippen LogP contribution in [0.15, 0.2) is 36.5 Å². The lowest BCUT2D eigenvalue weighted by Gasteiger charge is -2.16. The third-order valence-electron chi connectivity index (χ3n) is 3.38. The van der Waals surface area contributed by atoms with Gasteiger partial charge in [0.2, 0.25) is 0 Å². The van der Waals surface area contributed by atoms with E-state index >= 15 is 0 Å². The molecule has 0 aliphatic rings. The summed E-state index contributed by atoms with van der Waals surface area (Å²) in [6.45, 7) is 3.15. The number of benzene rings is 1. The van der Waals surface area contributed by atoms with E-state index in [0.717, 1.165) is 24.1 Å². The van der Waals surface area contributed by atoms with Crippen LogP contribution >= 0.6 is 23.2 Å². The maximum absolute atomic E-state index is 6.29. The van der Waals surface area contributed by atoms with Crippen molar-refractivity contribution in [3.8, 4) is 5.75 Å². The van der Waals surface area contributed by atoms with Gasteiger partial charge < -0.3 is 10.5 Å². The highest BCUT2D eigenvalue weighted by Gasteiger charge is 2.15. The molecule has 1 aromatic heterocycles. The van der Waals surface area contributed by atoms with E-state index in [1.54, 1.807) is 6.20 Å². The highest BCUT2D eigenvalue weighted by molar-refractivity contribution is 6.37. The van der Waals surface area contributed by atoms with Gasteiger partial charge in [-0.2, -0.15) is 0 Å². The number of nitrogens with two attached hydrogens (primary N) is 1. The molecular weight excluding hydrogens is 319 g/mol. The van der Waals surface area contributed by atoms with Crippen LogP contribution in [0.1, 0.15) is 30.5 Å². The molecule has 3 nitrogen and oxygen atoms in total. The second kappa shape index (κ2) is 8.37. The molecule has 118 valence electrons. The summed E-state index contributed by atoms with van der Waals surface area (Å²) in [5, 5.41) is 1.07. The van der Waals surface area contributed by atoms with Crippen LogP contribution in [-0.4, -0.2) is 18.1 Å². The Balaban J connectivity index is 2.19. The summed E-state index contributed by atoms with van der Waals surface area (Å²) in [7, 11) is 0. The molecule has 2 aromatic rings. The van der Waals surface area contributed by atoms with Crippen LogP contribution in [0, 0.1) is 0 Å². The van der Waals surface area contributed by atoms with Crippen molar-refractivity contribution in [1.29, 1.82) is 0 Å². The van der Waals surface area contributed by atoms with Crippen molar-refractivity contribution in [1.82, 2.24) is 4.98 Å². The summed E-state index contributed by atoms with van der Waals surface area (Å²) in [5.74, 6) is 0.687. The van der Waals surface area contributed by atoms with Gasteiger partial charge in [-0.3, -0.25) is 4.98 Å². The molecule has 0 fully saturated rings. The molecule has 0 spiro atoms. The molecule has 0 aliphatic heterocycles. The van der Waals surface area contributed by atoms with Crippen molar-refractivity contribution in [2.75, 3.05) is 13.2 Å². The number of nitrogens with zero attached hydrogens (tertiary/aromatic N) is 1. The standard InChI is InChI=1S/C17H20Cl2N2O/c1-2-7-22-17-14(18)9-12(10-15(17)19)8-13(11-20)16-5-3-4-6-21-16/h3-6,9-10,13H,2,7-8,11,20H2,1H3. The SMILES string of the molecule is CCCOc1c(Cl)cc(CC(CN)c2ccccn2)cc1Cl. The maximum atomic E-state index is 6.29.